The Morgan fingerprint density at radius 3 is 2.94 bits per heavy atom. The number of aromatic nitrogens is 2. The maximum Gasteiger partial charge on any atom is 0.241 e. The Morgan fingerprint density at radius 2 is 2.29 bits per heavy atom. The molecule has 0 saturated heterocycles. The third-order valence-corrected chi connectivity index (χ3v) is 1.98. The number of nitrogens with one attached hydrogen (secondary N) is 1. The van der Waals surface area contributed by atoms with E-state index in [0.717, 1.165) is 6.42 Å². The van der Waals surface area contributed by atoms with Crippen molar-refractivity contribution in [2.45, 2.75) is 13.3 Å². The molecule has 17 heavy (non-hydrogen) atoms. The van der Waals surface area contributed by atoms with Gasteiger partial charge in [-0.05, 0) is 6.42 Å². The lowest BCUT2D eigenvalue weighted by atomic mass is 10.5. The molecule has 94 valence electrons. The molecule has 0 atom stereocenters. The fourth-order valence-corrected chi connectivity index (χ4v) is 1.03. The molecule has 0 spiro atoms. The number of likely N-dealkylation sites (N-methyl/N-ethyl adjacent to an activating group) is 1. The van der Waals surface area contributed by atoms with Gasteiger partial charge in [-0.3, -0.25) is 4.79 Å². The Kier molecular flexibility index (Phi) is 5.19. The number of rotatable bonds is 6. The van der Waals surface area contributed by atoms with Crippen LogP contribution in [0.25, 0.3) is 0 Å². The standard InChI is InChI=1S/C11H18N4O2/c1-4-7-17-9-5-6-12-11(14-9)13-8-10(16)15(2)3/h5-6H,4,7-8H2,1-3H3,(H,12,13,14). The fourth-order valence-electron chi connectivity index (χ4n) is 1.03. The summed E-state index contributed by atoms with van der Waals surface area (Å²) in [6.07, 6.45) is 2.52. The van der Waals surface area contributed by atoms with Crippen molar-refractivity contribution in [3.05, 3.63) is 12.3 Å². The Balaban J connectivity index is 2.51. The molecule has 0 aliphatic heterocycles. The van der Waals surface area contributed by atoms with Crippen molar-refractivity contribution in [3.63, 3.8) is 0 Å². The molecule has 1 amide bonds. The number of carbonyl (C=O) groups excluding carboxylic acids is 1. The second-order valence-corrected chi connectivity index (χ2v) is 3.71. The molecule has 1 N–H and O–H groups in total. The molecule has 6 nitrogen and oxygen atoms in total. The first-order valence-electron chi connectivity index (χ1n) is 5.53. The SMILES string of the molecule is CCCOc1ccnc(NCC(=O)N(C)C)n1. The van der Waals surface area contributed by atoms with Gasteiger partial charge in [-0.2, -0.15) is 4.98 Å². The number of nitrogens with zero attached hydrogens (tertiary/aromatic N) is 3. The van der Waals surface area contributed by atoms with Crippen LogP contribution in [0.1, 0.15) is 13.3 Å². The van der Waals surface area contributed by atoms with Gasteiger partial charge in [0.25, 0.3) is 0 Å². The molecule has 1 aromatic rings. The zero-order valence-corrected chi connectivity index (χ0v) is 10.4. The van der Waals surface area contributed by atoms with Crippen molar-refractivity contribution in [2.24, 2.45) is 0 Å². The number of carbonyl (C=O) groups is 1. The largest absolute Gasteiger partial charge is 0.478 e. The van der Waals surface area contributed by atoms with E-state index in [0.29, 0.717) is 18.4 Å². The predicted molar refractivity (Wildman–Crippen MR) is 65.0 cm³/mol. The highest BCUT2D eigenvalue weighted by Gasteiger charge is 2.05. The summed E-state index contributed by atoms with van der Waals surface area (Å²) in [5.41, 5.74) is 0. The topological polar surface area (TPSA) is 67.3 Å². The first kappa shape index (κ1) is 13.2. The first-order chi connectivity index (χ1) is 8.13. The van der Waals surface area contributed by atoms with Crippen molar-refractivity contribution in [1.82, 2.24) is 14.9 Å². The lowest BCUT2D eigenvalue weighted by molar-refractivity contribution is -0.126. The van der Waals surface area contributed by atoms with Gasteiger partial charge >= 0.3 is 0 Å². The number of ether oxygens (including phenoxy) is 1. The lowest BCUT2D eigenvalue weighted by Crippen LogP contribution is -2.29. The Bertz CT molecular complexity index is 368. The van der Waals surface area contributed by atoms with Gasteiger partial charge in [-0.25, -0.2) is 4.98 Å². The number of amides is 1. The summed E-state index contributed by atoms with van der Waals surface area (Å²) in [6.45, 7) is 2.81. The molecule has 0 fully saturated rings. The molecule has 6 heteroatoms. The molecule has 1 heterocycles. The van der Waals surface area contributed by atoms with Crippen LogP contribution in [0.3, 0.4) is 0 Å². The number of hydrogen-bond acceptors (Lipinski definition) is 5. The summed E-state index contributed by atoms with van der Waals surface area (Å²) in [5, 5.41) is 2.85. The van der Waals surface area contributed by atoms with Gasteiger partial charge < -0.3 is 15.0 Å². The lowest BCUT2D eigenvalue weighted by Gasteiger charge is -2.11. The Morgan fingerprint density at radius 1 is 1.53 bits per heavy atom. The molecular formula is C11H18N4O2. The van der Waals surface area contributed by atoms with E-state index in [1.165, 1.54) is 4.90 Å². The van der Waals surface area contributed by atoms with Crippen molar-refractivity contribution in [1.29, 1.82) is 0 Å². The van der Waals surface area contributed by atoms with Crippen molar-refractivity contribution >= 4 is 11.9 Å². The average molecular weight is 238 g/mol. The second kappa shape index (κ2) is 6.67. The molecule has 1 aromatic heterocycles. The normalized spacial score (nSPS) is 9.82. The number of anilines is 1. The van der Waals surface area contributed by atoms with E-state index >= 15 is 0 Å². The van der Waals surface area contributed by atoms with Crippen LogP contribution in [0.2, 0.25) is 0 Å². The van der Waals surface area contributed by atoms with Crippen LogP contribution in [0.4, 0.5) is 5.95 Å². The molecule has 0 radical (unpaired) electrons. The molecule has 0 aliphatic carbocycles. The highest BCUT2D eigenvalue weighted by atomic mass is 16.5. The molecule has 0 aliphatic rings. The molecule has 0 unspecified atom stereocenters. The van der Waals surface area contributed by atoms with E-state index in [1.807, 2.05) is 6.92 Å². The Labute approximate surface area is 101 Å². The van der Waals surface area contributed by atoms with E-state index in [9.17, 15) is 4.79 Å². The van der Waals surface area contributed by atoms with Crippen LogP contribution in [-0.2, 0) is 4.79 Å². The van der Waals surface area contributed by atoms with Gasteiger partial charge in [-0.15, -0.1) is 0 Å². The first-order valence-corrected chi connectivity index (χ1v) is 5.53. The summed E-state index contributed by atoms with van der Waals surface area (Å²) >= 11 is 0. The highest BCUT2D eigenvalue weighted by Crippen LogP contribution is 2.08. The van der Waals surface area contributed by atoms with Crippen LogP contribution >= 0.6 is 0 Å². The minimum Gasteiger partial charge on any atom is -0.478 e. The monoisotopic (exact) mass is 238 g/mol. The van der Waals surface area contributed by atoms with Crippen LogP contribution in [0, 0.1) is 0 Å². The van der Waals surface area contributed by atoms with Crippen LogP contribution in [-0.4, -0.2) is 48.0 Å². The van der Waals surface area contributed by atoms with Gasteiger partial charge in [0.15, 0.2) is 0 Å². The van der Waals surface area contributed by atoms with Crippen LogP contribution in [0.15, 0.2) is 12.3 Å². The van der Waals surface area contributed by atoms with Gasteiger partial charge in [-0.1, -0.05) is 6.92 Å². The Hall–Kier alpha value is -1.85. The van der Waals surface area contributed by atoms with Crippen LogP contribution < -0.4 is 10.1 Å². The van der Waals surface area contributed by atoms with Crippen molar-refractivity contribution in [2.75, 3.05) is 32.6 Å². The minimum atomic E-state index is -0.0338. The van der Waals surface area contributed by atoms with E-state index in [-0.39, 0.29) is 12.5 Å². The molecule has 0 bridgehead atoms. The maximum absolute atomic E-state index is 11.3. The van der Waals surface area contributed by atoms with Gasteiger partial charge in [0.05, 0.1) is 13.2 Å². The number of hydrogen-bond donors (Lipinski definition) is 1. The predicted octanol–water partition coefficient (Wildman–Crippen LogP) is 0.765. The zero-order chi connectivity index (χ0) is 12.7. The summed E-state index contributed by atoms with van der Waals surface area (Å²) in [7, 11) is 3.40. The van der Waals surface area contributed by atoms with Crippen LogP contribution in [0.5, 0.6) is 5.88 Å². The molecule has 1 rings (SSSR count). The molecular weight excluding hydrogens is 220 g/mol. The maximum atomic E-state index is 11.3. The second-order valence-electron chi connectivity index (χ2n) is 3.71. The van der Waals surface area contributed by atoms with Crippen molar-refractivity contribution < 1.29 is 9.53 Å². The fraction of sp³-hybridized carbons (Fsp3) is 0.545. The molecule has 0 aromatic carbocycles. The van der Waals surface area contributed by atoms with E-state index in [4.69, 9.17) is 4.74 Å². The van der Waals surface area contributed by atoms with Crippen molar-refractivity contribution in [3.8, 4) is 5.88 Å². The van der Waals surface area contributed by atoms with Gasteiger partial charge in [0.1, 0.15) is 0 Å². The summed E-state index contributed by atoms with van der Waals surface area (Å²) < 4.78 is 5.36. The van der Waals surface area contributed by atoms with Gasteiger partial charge in [0, 0.05) is 26.4 Å². The third-order valence-electron chi connectivity index (χ3n) is 1.98. The van der Waals surface area contributed by atoms with E-state index in [2.05, 4.69) is 15.3 Å². The summed E-state index contributed by atoms with van der Waals surface area (Å²) in [4.78, 5) is 21.0. The smallest absolute Gasteiger partial charge is 0.241 e. The quantitative estimate of drug-likeness (QED) is 0.792. The highest BCUT2D eigenvalue weighted by molar-refractivity contribution is 5.79. The van der Waals surface area contributed by atoms with Gasteiger partial charge in [0.2, 0.25) is 17.7 Å². The molecule has 0 saturated carbocycles. The minimum absolute atomic E-state index is 0.0338. The average Bonchev–Trinajstić information content (AvgIpc) is 2.33. The van der Waals surface area contributed by atoms with E-state index in [1.54, 1.807) is 26.4 Å². The third kappa shape index (κ3) is 4.67. The zero-order valence-electron chi connectivity index (χ0n) is 10.4. The van der Waals surface area contributed by atoms with E-state index < -0.39 is 0 Å². The summed E-state index contributed by atoms with van der Waals surface area (Å²) in [6, 6.07) is 1.69. The summed E-state index contributed by atoms with van der Waals surface area (Å²) in [5.74, 6) is 0.879.